The molecule has 0 aliphatic heterocycles. The van der Waals surface area contributed by atoms with E-state index in [1.807, 2.05) is 24.3 Å². The van der Waals surface area contributed by atoms with Gasteiger partial charge in [-0.3, -0.25) is 9.59 Å². The number of carbonyl (C=O) groups excluding carboxylic acids is 1. The zero-order chi connectivity index (χ0) is 17.8. The fourth-order valence-corrected chi connectivity index (χ4v) is 3.52. The number of hydrogen-bond donors (Lipinski definition) is 2. The third kappa shape index (κ3) is 4.28. The molecule has 0 atom stereocenters. The number of aryl methyl sites for hydroxylation is 1. The first-order valence-electron chi connectivity index (χ1n) is 8.40. The second-order valence-corrected chi connectivity index (χ2v) is 7.12. The summed E-state index contributed by atoms with van der Waals surface area (Å²) in [5.41, 5.74) is 2.26. The minimum Gasteiger partial charge on any atom is -0.379 e. The van der Waals surface area contributed by atoms with Gasteiger partial charge in [0.1, 0.15) is 4.47 Å². The molecule has 25 heavy (non-hydrogen) atoms. The minimum atomic E-state index is -0.192. The maximum Gasteiger partial charge on any atom is 0.282 e. The summed E-state index contributed by atoms with van der Waals surface area (Å²) in [4.78, 5) is 24.1. The van der Waals surface area contributed by atoms with Crippen LogP contribution in [0.5, 0.6) is 0 Å². The highest BCUT2D eigenvalue weighted by Gasteiger charge is 2.22. The van der Waals surface area contributed by atoms with Gasteiger partial charge in [0, 0.05) is 25.2 Å². The largest absolute Gasteiger partial charge is 0.379 e. The van der Waals surface area contributed by atoms with Gasteiger partial charge >= 0.3 is 0 Å². The van der Waals surface area contributed by atoms with E-state index in [4.69, 9.17) is 0 Å². The lowest BCUT2D eigenvalue weighted by atomic mass is 10.1. The first-order valence-corrected chi connectivity index (χ1v) is 9.19. The Bertz CT molecular complexity index is 828. The second kappa shape index (κ2) is 7.82. The Morgan fingerprint density at radius 1 is 1.36 bits per heavy atom. The van der Waals surface area contributed by atoms with Gasteiger partial charge in [0.05, 0.1) is 11.9 Å². The molecule has 3 rings (SSSR count). The van der Waals surface area contributed by atoms with Crippen molar-refractivity contribution in [2.24, 2.45) is 13.0 Å². The summed E-state index contributed by atoms with van der Waals surface area (Å²) in [5, 5.41) is 10.2. The molecule has 2 N–H and O–H groups in total. The number of nitrogens with one attached hydrogen (secondary N) is 2. The van der Waals surface area contributed by atoms with E-state index in [-0.39, 0.29) is 17.4 Å². The van der Waals surface area contributed by atoms with Crippen LogP contribution >= 0.6 is 15.9 Å². The van der Waals surface area contributed by atoms with Gasteiger partial charge in [-0.1, -0.05) is 25.0 Å². The van der Waals surface area contributed by atoms with Crippen LogP contribution in [0.3, 0.4) is 0 Å². The van der Waals surface area contributed by atoms with Crippen LogP contribution in [0.15, 0.2) is 39.7 Å². The molecule has 1 aliphatic rings. The number of carbonyl (C=O) groups is 1. The predicted molar refractivity (Wildman–Crippen MR) is 102 cm³/mol. The molecule has 1 amide bonds. The number of nitrogens with zero attached hydrogens (tertiary/aromatic N) is 2. The van der Waals surface area contributed by atoms with Gasteiger partial charge in [-0.05, 0) is 46.5 Å². The van der Waals surface area contributed by atoms with E-state index in [1.54, 1.807) is 13.2 Å². The molecular weight excluding hydrogens is 384 g/mol. The smallest absolute Gasteiger partial charge is 0.282 e. The summed E-state index contributed by atoms with van der Waals surface area (Å²) in [6.45, 7) is 0.528. The molecule has 6 nitrogen and oxygen atoms in total. The molecule has 0 saturated heterocycles. The van der Waals surface area contributed by atoms with Crippen LogP contribution in [0.4, 0.5) is 11.4 Å². The number of amides is 1. The normalized spacial score (nSPS) is 14.5. The lowest BCUT2D eigenvalue weighted by Gasteiger charge is -2.12. The highest BCUT2D eigenvalue weighted by atomic mass is 79.9. The Morgan fingerprint density at radius 3 is 2.88 bits per heavy atom. The number of aromatic nitrogens is 2. The molecule has 0 spiro atoms. The SMILES string of the molecule is Cn1ncc(NCc2cccc(NC(=O)C3CCCC3)c2)c(Br)c1=O. The Kier molecular flexibility index (Phi) is 5.53. The average Bonchev–Trinajstić information content (AvgIpc) is 3.14. The minimum absolute atomic E-state index is 0.112. The molecule has 132 valence electrons. The summed E-state index contributed by atoms with van der Waals surface area (Å²) < 4.78 is 1.73. The lowest BCUT2D eigenvalue weighted by molar-refractivity contribution is -0.119. The number of benzene rings is 1. The van der Waals surface area contributed by atoms with Gasteiger partial charge in [0.2, 0.25) is 5.91 Å². The molecule has 2 aromatic rings. The second-order valence-electron chi connectivity index (χ2n) is 6.33. The van der Waals surface area contributed by atoms with Crippen LogP contribution in [0.1, 0.15) is 31.2 Å². The first-order chi connectivity index (χ1) is 12.0. The molecule has 1 aromatic carbocycles. The van der Waals surface area contributed by atoms with Crippen molar-refractivity contribution in [3.05, 3.63) is 50.9 Å². The summed E-state index contributed by atoms with van der Waals surface area (Å²) in [6, 6.07) is 7.73. The molecule has 7 heteroatoms. The van der Waals surface area contributed by atoms with Crippen LogP contribution in [0.2, 0.25) is 0 Å². The van der Waals surface area contributed by atoms with Crippen molar-refractivity contribution in [1.82, 2.24) is 9.78 Å². The summed E-state index contributed by atoms with van der Waals surface area (Å²) in [6.07, 6.45) is 5.86. The van der Waals surface area contributed by atoms with Crippen molar-refractivity contribution in [2.75, 3.05) is 10.6 Å². The van der Waals surface area contributed by atoms with Crippen molar-refractivity contribution >= 4 is 33.2 Å². The quantitative estimate of drug-likeness (QED) is 0.801. The van der Waals surface area contributed by atoms with E-state index in [9.17, 15) is 9.59 Å². The fraction of sp³-hybridized carbons (Fsp3) is 0.389. The zero-order valence-corrected chi connectivity index (χ0v) is 15.7. The first kappa shape index (κ1) is 17.7. The third-order valence-corrected chi connectivity index (χ3v) is 5.25. The van der Waals surface area contributed by atoms with Crippen LogP contribution in [-0.4, -0.2) is 15.7 Å². The third-order valence-electron chi connectivity index (χ3n) is 4.48. The Balaban J connectivity index is 1.65. The number of anilines is 2. The maximum atomic E-state index is 12.2. The van der Waals surface area contributed by atoms with E-state index < -0.39 is 0 Å². The van der Waals surface area contributed by atoms with Crippen molar-refractivity contribution in [3.8, 4) is 0 Å². The fourth-order valence-electron chi connectivity index (χ4n) is 3.02. The monoisotopic (exact) mass is 404 g/mol. The van der Waals surface area contributed by atoms with Gasteiger partial charge < -0.3 is 10.6 Å². The van der Waals surface area contributed by atoms with Crippen molar-refractivity contribution in [2.45, 2.75) is 32.2 Å². The molecule has 1 fully saturated rings. The van der Waals surface area contributed by atoms with Gasteiger partial charge in [-0.25, -0.2) is 4.68 Å². The van der Waals surface area contributed by atoms with Crippen LogP contribution in [-0.2, 0) is 18.4 Å². The maximum absolute atomic E-state index is 12.2. The Hall–Kier alpha value is -2.15. The highest BCUT2D eigenvalue weighted by Crippen LogP contribution is 2.26. The standard InChI is InChI=1S/C18H21BrN4O2/c1-23-18(25)16(19)15(11-21-23)20-10-12-5-4-8-14(9-12)22-17(24)13-6-2-3-7-13/h4-5,8-9,11,13,20H,2-3,6-7,10H2,1H3,(H,22,24). The average molecular weight is 405 g/mol. The van der Waals surface area contributed by atoms with Crippen molar-refractivity contribution < 1.29 is 4.79 Å². The van der Waals surface area contributed by atoms with Crippen molar-refractivity contribution in [3.63, 3.8) is 0 Å². The number of halogens is 1. The number of rotatable bonds is 5. The molecular formula is C18H21BrN4O2. The molecule has 0 unspecified atom stereocenters. The van der Waals surface area contributed by atoms with Gasteiger partial charge in [0.25, 0.3) is 5.56 Å². The van der Waals surface area contributed by atoms with E-state index in [0.29, 0.717) is 16.7 Å². The van der Waals surface area contributed by atoms with Crippen molar-refractivity contribution in [1.29, 1.82) is 0 Å². The Labute approximate surface area is 154 Å². The van der Waals surface area contributed by atoms with E-state index in [2.05, 4.69) is 31.7 Å². The summed E-state index contributed by atoms with van der Waals surface area (Å²) in [5.74, 6) is 0.255. The van der Waals surface area contributed by atoms with Crippen LogP contribution in [0.25, 0.3) is 0 Å². The summed E-state index contributed by atoms with van der Waals surface area (Å²) >= 11 is 3.30. The molecule has 0 bridgehead atoms. The number of hydrogen-bond acceptors (Lipinski definition) is 4. The molecule has 0 radical (unpaired) electrons. The van der Waals surface area contributed by atoms with Crippen LogP contribution < -0.4 is 16.2 Å². The highest BCUT2D eigenvalue weighted by molar-refractivity contribution is 9.10. The van der Waals surface area contributed by atoms with E-state index in [0.717, 1.165) is 36.9 Å². The van der Waals surface area contributed by atoms with E-state index >= 15 is 0 Å². The molecule has 1 heterocycles. The molecule has 1 saturated carbocycles. The molecule has 1 aromatic heterocycles. The van der Waals surface area contributed by atoms with Gasteiger partial charge in [0.15, 0.2) is 0 Å². The van der Waals surface area contributed by atoms with E-state index in [1.165, 1.54) is 4.68 Å². The van der Waals surface area contributed by atoms with Gasteiger partial charge in [-0.15, -0.1) is 0 Å². The van der Waals surface area contributed by atoms with Crippen LogP contribution in [0, 0.1) is 5.92 Å². The summed E-state index contributed by atoms with van der Waals surface area (Å²) in [7, 11) is 1.60. The van der Waals surface area contributed by atoms with Gasteiger partial charge in [-0.2, -0.15) is 5.10 Å². The topological polar surface area (TPSA) is 76.0 Å². The lowest BCUT2D eigenvalue weighted by Crippen LogP contribution is -2.21. The Morgan fingerprint density at radius 2 is 2.12 bits per heavy atom. The predicted octanol–water partition coefficient (Wildman–Crippen LogP) is 3.28. The zero-order valence-electron chi connectivity index (χ0n) is 14.1. The molecule has 1 aliphatic carbocycles.